The Bertz CT molecular complexity index is 633. The van der Waals surface area contributed by atoms with Crippen molar-refractivity contribution in [3.63, 3.8) is 0 Å². The van der Waals surface area contributed by atoms with Crippen LogP contribution in [-0.2, 0) is 9.84 Å². The van der Waals surface area contributed by atoms with Gasteiger partial charge in [0.25, 0.3) is 9.84 Å². The maximum atomic E-state index is 12.5. The van der Waals surface area contributed by atoms with E-state index in [2.05, 4.69) is 4.90 Å². The van der Waals surface area contributed by atoms with Gasteiger partial charge in [0.05, 0.1) is 4.90 Å². The summed E-state index contributed by atoms with van der Waals surface area (Å²) in [5, 5.41) is 0. The number of alkyl halides is 3. The lowest BCUT2D eigenvalue weighted by Gasteiger charge is -2.34. The number of piperidine rings is 1. The van der Waals surface area contributed by atoms with Gasteiger partial charge in [-0.1, -0.05) is 0 Å². The van der Waals surface area contributed by atoms with Crippen LogP contribution in [0.5, 0.6) is 0 Å². The first-order valence-electron chi connectivity index (χ1n) is 6.90. The Morgan fingerprint density at radius 1 is 1.05 bits per heavy atom. The summed E-state index contributed by atoms with van der Waals surface area (Å²) in [6.45, 7) is 1.78. The number of hydrogen-bond donors (Lipinski definition) is 0. The fraction of sp³-hybridized carbons (Fsp3) is 0.571. The molecular weight excluding hydrogens is 303 g/mol. The minimum Gasteiger partial charge on any atom is -0.371 e. The molecule has 1 saturated carbocycles. The third kappa shape index (κ3) is 2.63. The van der Waals surface area contributed by atoms with Gasteiger partial charge in [0, 0.05) is 18.8 Å². The molecule has 1 spiro atoms. The Balaban J connectivity index is 1.81. The van der Waals surface area contributed by atoms with E-state index >= 15 is 0 Å². The highest BCUT2D eigenvalue weighted by atomic mass is 32.2. The first kappa shape index (κ1) is 14.7. The second kappa shape index (κ2) is 4.63. The second-order valence-corrected chi connectivity index (χ2v) is 7.91. The predicted molar refractivity (Wildman–Crippen MR) is 72.8 cm³/mol. The van der Waals surface area contributed by atoms with Gasteiger partial charge in [-0.3, -0.25) is 0 Å². The van der Waals surface area contributed by atoms with Crippen LogP contribution in [0.2, 0.25) is 0 Å². The molecule has 1 saturated heterocycles. The summed E-state index contributed by atoms with van der Waals surface area (Å²) in [5.41, 5.74) is -4.06. The van der Waals surface area contributed by atoms with Crippen molar-refractivity contribution in [1.29, 1.82) is 0 Å². The largest absolute Gasteiger partial charge is 0.501 e. The Morgan fingerprint density at radius 3 is 2.19 bits per heavy atom. The van der Waals surface area contributed by atoms with E-state index in [1.165, 1.54) is 31.4 Å². The molecule has 3 rings (SSSR count). The van der Waals surface area contributed by atoms with E-state index in [0.29, 0.717) is 5.41 Å². The highest BCUT2D eigenvalue weighted by molar-refractivity contribution is 7.92. The smallest absolute Gasteiger partial charge is 0.371 e. The third-order valence-electron chi connectivity index (χ3n) is 4.44. The highest BCUT2D eigenvalue weighted by Crippen LogP contribution is 2.52. The number of anilines is 1. The van der Waals surface area contributed by atoms with Crippen molar-refractivity contribution in [2.75, 3.05) is 18.0 Å². The number of sulfone groups is 1. The van der Waals surface area contributed by atoms with Crippen LogP contribution in [0.4, 0.5) is 18.9 Å². The molecule has 7 heteroatoms. The van der Waals surface area contributed by atoms with E-state index in [4.69, 9.17) is 0 Å². The Morgan fingerprint density at radius 2 is 1.67 bits per heavy atom. The van der Waals surface area contributed by atoms with E-state index in [1.807, 2.05) is 0 Å². The maximum absolute atomic E-state index is 12.5. The Hall–Kier alpha value is -1.24. The zero-order valence-electron chi connectivity index (χ0n) is 11.4. The fourth-order valence-corrected chi connectivity index (χ4v) is 3.74. The molecule has 21 heavy (non-hydrogen) atoms. The van der Waals surface area contributed by atoms with Crippen LogP contribution < -0.4 is 4.90 Å². The summed E-state index contributed by atoms with van der Waals surface area (Å²) in [5.74, 6) is 0. The number of hydrogen-bond acceptors (Lipinski definition) is 3. The molecular formula is C14H16F3NO2S. The van der Waals surface area contributed by atoms with Gasteiger partial charge in [0.2, 0.25) is 0 Å². The molecule has 1 aromatic rings. The van der Waals surface area contributed by atoms with Gasteiger partial charge >= 0.3 is 5.51 Å². The fourth-order valence-electron chi connectivity index (χ4n) is 2.98. The van der Waals surface area contributed by atoms with Crippen molar-refractivity contribution in [2.24, 2.45) is 5.41 Å². The number of benzene rings is 1. The molecule has 0 aromatic heterocycles. The summed E-state index contributed by atoms with van der Waals surface area (Å²) < 4.78 is 60.1. The monoisotopic (exact) mass is 319 g/mol. The summed E-state index contributed by atoms with van der Waals surface area (Å²) >= 11 is 0. The van der Waals surface area contributed by atoms with Gasteiger partial charge in [-0.2, -0.15) is 13.2 Å². The quantitative estimate of drug-likeness (QED) is 0.839. The number of halogens is 3. The van der Waals surface area contributed by atoms with Gasteiger partial charge in [0.1, 0.15) is 0 Å². The number of nitrogens with zero attached hydrogens (tertiary/aromatic N) is 1. The minimum atomic E-state index is -5.25. The molecule has 1 heterocycles. The average Bonchev–Trinajstić information content (AvgIpc) is 3.16. The normalized spacial score (nSPS) is 21.6. The van der Waals surface area contributed by atoms with Crippen molar-refractivity contribution < 1.29 is 21.6 Å². The molecule has 2 aliphatic rings. The zero-order valence-corrected chi connectivity index (χ0v) is 12.2. The lowest BCUT2D eigenvalue weighted by Crippen LogP contribution is -2.36. The first-order chi connectivity index (χ1) is 9.74. The lowest BCUT2D eigenvalue weighted by molar-refractivity contribution is -0.0436. The molecule has 0 N–H and O–H groups in total. The topological polar surface area (TPSA) is 37.4 Å². The number of rotatable bonds is 2. The van der Waals surface area contributed by atoms with E-state index < -0.39 is 20.2 Å². The van der Waals surface area contributed by atoms with Crippen LogP contribution in [0.3, 0.4) is 0 Å². The van der Waals surface area contributed by atoms with Crippen LogP contribution in [0, 0.1) is 5.41 Å². The molecule has 3 nitrogen and oxygen atoms in total. The minimum absolute atomic E-state index is 0.398. The molecule has 1 aliphatic heterocycles. The van der Waals surface area contributed by atoms with Crippen molar-refractivity contribution in [3.05, 3.63) is 24.3 Å². The molecule has 0 amide bonds. The van der Waals surface area contributed by atoms with E-state index in [0.717, 1.165) is 37.3 Å². The summed E-state index contributed by atoms with van der Waals surface area (Å²) in [4.78, 5) is 1.44. The summed E-state index contributed by atoms with van der Waals surface area (Å²) in [6.07, 6.45) is 4.71. The summed E-state index contributed by atoms with van der Waals surface area (Å²) in [7, 11) is -5.25. The standard InChI is InChI=1S/C14H16F3NO2S/c15-14(16,17)21(19,20)12-4-2-11(3-5-12)18-9-1-6-13(10-18)7-8-13/h2-5H,1,6-10H2. The molecule has 1 aliphatic carbocycles. The molecule has 0 bridgehead atoms. The van der Waals surface area contributed by atoms with Crippen LogP contribution in [0.15, 0.2) is 29.2 Å². The van der Waals surface area contributed by atoms with Gasteiger partial charge in [-0.25, -0.2) is 8.42 Å². The molecule has 0 radical (unpaired) electrons. The molecule has 0 unspecified atom stereocenters. The first-order valence-corrected chi connectivity index (χ1v) is 8.38. The molecule has 116 valence electrons. The van der Waals surface area contributed by atoms with Crippen LogP contribution in [-0.4, -0.2) is 27.0 Å². The van der Waals surface area contributed by atoms with Crippen LogP contribution in [0.25, 0.3) is 0 Å². The molecule has 1 aromatic carbocycles. The van der Waals surface area contributed by atoms with E-state index in [-0.39, 0.29) is 0 Å². The van der Waals surface area contributed by atoms with Crippen molar-refractivity contribution in [3.8, 4) is 0 Å². The highest BCUT2D eigenvalue weighted by Gasteiger charge is 2.47. The van der Waals surface area contributed by atoms with Gasteiger partial charge < -0.3 is 4.90 Å². The van der Waals surface area contributed by atoms with Gasteiger partial charge in [0.15, 0.2) is 0 Å². The molecule has 2 fully saturated rings. The average molecular weight is 319 g/mol. The van der Waals surface area contributed by atoms with Crippen molar-refractivity contribution >= 4 is 15.5 Å². The second-order valence-electron chi connectivity index (χ2n) is 5.97. The van der Waals surface area contributed by atoms with E-state index in [1.54, 1.807) is 0 Å². The lowest BCUT2D eigenvalue weighted by atomic mass is 9.95. The Labute approximate surface area is 121 Å². The SMILES string of the molecule is O=S(=O)(c1ccc(N2CCCC3(CC3)C2)cc1)C(F)(F)F. The van der Waals surface area contributed by atoms with Gasteiger partial charge in [-0.15, -0.1) is 0 Å². The van der Waals surface area contributed by atoms with Crippen LogP contribution >= 0.6 is 0 Å². The Kier molecular flexibility index (Phi) is 3.24. The maximum Gasteiger partial charge on any atom is 0.501 e. The van der Waals surface area contributed by atoms with Gasteiger partial charge in [-0.05, 0) is 55.4 Å². The van der Waals surface area contributed by atoms with Crippen LogP contribution in [0.1, 0.15) is 25.7 Å². The summed E-state index contributed by atoms with van der Waals surface area (Å²) in [6, 6.07) is 5.04. The van der Waals surface area contributed by atoms with Crippen molar-refractivity contribution in [2.45, 2.75) is 36.1 Å². The van der Waals surface area contributed by atoms with E-state index in [9.17, 15) is 21.6 Å². The zero-order chi connectivity index (χ0) is 15.3. The molecule has 0 atom stereocenters. The van der Waals surface area contributed by atoms with Crippen molar-refractivity contribution in [1.82, 2.24) is 0 Å². The third-order valence-corrected chi connectivity index (χ3v) is 5.94. The predicted octanol–water partition coefficient (Wildman–Crippen LogP) is 3.36.